The van der Waals surface area contributed by atoms with Crippen molar-refractivity contribution in [1.29, 1.82) is 0 Å². The van der Waals surface area contributed by atoms with Gasteiger partial charge < -0.3 is 4.74 Å². The number of carbonyl (C=O) groups is 1. The van der Waals surface area contributed by atoms with Crippen LogP contribution in [0.5, 0.6) is 11.5 Å². The van der Waals surface area contributed by atoms with E-state index in [-0.39, 0.29) is 17.0 Å². The van der Waals surface area contributed by atoms with E-state index < -0.39 is 4.92 Å². The van der Waals surface area contributed by atoms with E-state index in [2.05, 4.69) is 0 Å². The second-order valence-corrected chi connectivity index (χ2v) is 4.59. The number of hydrogen-bond acceptors (Lipinski definition) is 4. The summed E-state index contributed by atoms with van der Waals surface area (Å²) in [6.07, 6.45) is 0.486. The fourth-order valence-electron chi connectivity index (χ4n) is 1.50. The van der Waals surface area contributed by atoms with Crippen molar-refractivity contribution in [1.82, 2.24) is 0 Å². The van der Waals surface area contributed by atoms with Crippen LogP contribution in [0.1, 0.15) is 10.4 Å². The summed E-state index contributed by atoms with van der Waals surface area (Å²) in [5.74, 6) is 0.570. The van der Waals surface area contributed by atoms with Gasteiger partial charge >= 0.3 is 0 Å². The highest BCUT2D eigenvalue weighted by molar-refractivity contribution is 6.42. The summed E-state index contributed by atoms with van der Waals surface area (Å²) in [6, 6.07) is 8.35. The molecule has 0 bridgehead atoms. The standard InChI is InChI=1S/C13H7Cl2NO4/c14-11-3-2-10(6-12(11)15)20-13-4-1-9(16(18)19)5-8(13)7-17/h1-7H. The lowest BCUT2D eigenvalue weighted by Crippen LogP contribution is -1.94. The monoisotopic (exact) mass is 311 g/mol. The molecular formula is C13H7Cl2NO4. The minimum absolute atomic E-state index is 0.0743. The van der Waals surface area contributed by atoms with Crippen molar-refractivity contribution in [3.8, 4) is 11.5 Å². The van der Waals surface area contributed by atoms with Crippen molar-refractivity contribution in [3.63, 3.8) is 0 Å². The molecule has 2 aromatic rings. The van der Waals surface area contributed by atoms with Crippen LogP contribution in [0.3, 0.4) is 0 Å². The van der Waals surface area contributed by atoms with Gasteiger partial charge in [0, 0.05) is 18.2 Å². The number of non-ortho nitro benzene ring substituents is 1. The molecule has 0 unspecified atom stereocenters. The number of nitrogens with zero attached hydrogens (tertiary/aromatic N) is 1. The van der Waals surface area contributed by atoms with Gasteiger partial charge in [-0.3, -0.25) is 14.9 Å². The third-order valence-corrected chi connectivity index (χ3v) is 3.19. The number of carbonyl (C=O) groups excluding carboxylic acids is 1. The van der Waals surface area contributed by atoms with Crippen molar-refractivity contribution in [2.45, 2.75) is 0 Å². The number of hydrogen-bond donors (Lipinski definition) is 0. The van der Waals surface area contributed by atoms with Crippen molar-refractivity contribution >= 4 is 35.2 Å². The predicted octanol–water partition coefficient (Wildman–Crippen LogP) is 4.51. The molecule has 0 fully saturated rings. The van der Waals surface area contributed by atoms with Crippen molar-refractivity contribution in [2.24, 2.45) is 0 Å². The lowest BCUT2D eigenvalue weighted by atomic mass is 10.2. The molecule has 0 aliphatic heterocycles. The van der Waals surface area contributed by atoms with Crippen LogP contribution < -0.4 is 4.74 Å². The van der Waals surface area contributed by atoms with Crippen LogP contribution in [0, 0.1) is 10.1 Å². The number of ether oxygens (including phenoxy) is 1. The summed E-state index contributed by atoms with van der Waals surface area (Å²) in [7, 11) is 0. The molecule has 0 heterocycles. The predicted molar refractivity (Wildman–Crippen MR) is 75.0 cm³/mol. The number of rotatable bonds is 4. The molecule has 0 aliphatic carbocycles. The molecule has 20 heavy (non-hydrogen) atoms. The van der Waals surface area contributed by atoms with Gasteiger partial charge in [-0.1, -0.05) is 23.2 Å². The smallest absolute Gasteiger partial charge is 0.270 e. The maximum Gasteiger partial charge on any atom is 0.270 e. The lowest BCUT2D eigenvalue weighted by Gasteiger charge is -2.08. The van der Waals surface area contributed by atoms with E-state index in [1.165, 1.54) is 18.2 Å². The van der Waals surface area contributed by atoms with Gasteiger partial charge in [0.05, 0.1) is 20.5 Å². The highest BCUT2D eigenvalue weighted by Gasteiger charge is 2.12. The summed E-state index contributed by atoms with van der Waals surface area (Å²) in [5, 5.41) is 11.3. The highest BCUT2D eigenvalue weighted by atomic mass is 35.5. The molecule has 0 saturated carbocycles. The molecule has 5 nitrogen and oxygen atoms in total. The topological polar surface area (TPSA) is 69.4 Å². The molecule has 7 heteroatoms. The van der Waals surface area contributed by atoms with Crippen molar-refractivity contribution in [2.75, 3.05) is 0 Å². The number of aldehydes is 1. The lowest BCUT2D eigenvalue weighted by molar-refractivity contribution is -0.384. The number of nitro groups is 1. The van der Waals surface area contributed by atoms with E-state index in [0.29, 0.717) is 22.1 Å². The largest absolute Gasteiger partial charge is 0.457 e. The van der Waals surface area contributed by atoms with Crippen LogP contribution in [-0.4, -0.2) is 11.2 Å². The quantitative estimate of drug-likeness (QED) is 0.473. The zero-order valence-electron chi connectivity index (χ0n) is 9.88. The van der Waals surface area contributed by atoms with Crippen LogP contribution in [0.2, 0.25) is 10.0 Å². The minimum atomic E-state index is -0.587. The maximum absolute atomic E-state index is 11.0. The number of halogens is 2. The maximum atomic E-state index is 11.0. The summed E-state index contributed by atoms with van der Waals surface area (Å²) >= 11 is 11.6. The van der Waals surface area contributed by atoms with Gasteiger partial charge in [0.1, 0.15) is 11.5 Å². The normalized spacial score (nSPS) is 10.1. The van der Waals surface area contributed by atoms with Gasteiger partial charge in [0.25, 0.3) is 5.69 Å². The third-order valence-electron chi connectivity index (χ3n) is 2.45. The molecular weight excluding hydrogens is 305 g/mol. The van der Waals surface area contributed by atoms with Crippen LogP contribution >= 0.6 is 23.2 Å². The SMILES string of the molecule is O=Cc1cc([N+](=O)[O-])ccc1Oc1ccc(Cl)c(Cl)c1. The van der Waals surface area contributed by atoms with Crippen LogP contribution in [0.15, 0.2) is 36.4 Å². The van der Waals surface area contributed by atoms with Gasteiger partial charge in [-0.05, 0) is 18.2 Å². The number of nitro benzene ring substituents is 1. The molecule has 0 saturated heterocycles. The van der Waals surface area contributed by atoms with Gasteiger partial charge in [-0.25, -0.2) is 0 Å². The van der Waals surface area contributed by atoms with E-state index in [4.69, 9.17) is 27.9 Å². The summed E-state index contributed by atoms with van der Waals surface area (Å²) in [5.41, 5.74) is -0.112. The Morgan fingerprint density at radius 3 is 2.45 bits per heavy atom. The van der Waals surface area contributed by atoms with Crippen LogP contribution in [0.4, 0.5) is 5.69 Å². The third kappa shape index (κ3) is 3.07. The Kier molecular flexibility index (Phi) is 4.22. The Hall–Kier alpha value is -2.11. The first-order valence-corrected chi connectivity index (χ1v) is 6.13. The Labute approximate surface area is 123 Å². The zero-order valence-corrected chi connectivity index (χ0v) is 11.4. The average molecular weight is 312 g/mol. The van der Waals surface area contributed by atoms with Crippen molar-refractivity contribution in [3.05, 3.63) is 62.1 Å². The minimum Gasteiger partial charge on any atom is -0.457 e. The van der Waals surface area contributed by atoms with Gasteiger partial charge in [-0.15, -0.1) is 0 Å². The fraction of sp³-hybridized carbons (Fsp3) is 0. The number of benzene rings is 2. The summed E-state index contributed by atoms with van der Waals surface area (Å²) < 4.78 is 5.47. The fourth-order valence-corrected chi connectivity index (χ4v) is 1.79. The van der Waals surface area contributed by atoms with Crippen LogP contribution in [-0.2, 0) is 0 Å². The van der Waals surface area contributed by atoms with E-state index in [1.54, 1.807) is 12.1 Å². The van der Waals surface area contributed by atoms with Gasteiger partial charge in [-0.2, -0.15) is 0 Å². The summed E-state index contributed by atoms with van der Waals surface area (Å²) in [4.78, 5) is 21.0. The van der Waals surface area contributed by atoms with E-state index >= 15 is 0 Å². The Morgan fingerprint density at radius 1 is 1.10 bits per heavy atom. The molecule has 0 radical (unpaired) electrons. The first-order chi connectivity index (χ1) is 9.51. The highest BCUT2D eigenvalue weighted by Crippen LogP contribution is 2.31. The molecule has 102 valence electrons. The van der Waals surface area contributed by atoms with E-state index in [9.17, 15) is 14.9 Å². The molecule has 0 aliphatic rings. The molecule has 2 rings (SSSR count). The van der Waals surface area contributed by atoms with Crippen LogP contribution in [0.25, 0.3) is 0 Å². The van der Waals surface area contributed by atoms with E-state index in [1.807, 2.05) is 0 Å². The first kappa shape index (κ1) is 14.3. The molecule has 0 aromatic heterocycles. The van der Waals surface area contributed by atoms with Gasteiger partial charge in [0.15, 0.2) is 6.29 Å². The zero-order chi connectivity index (χ0) is 14.7. The van der Waals surface area contributed by atoms with Crippen molar-refractivity contribution < 1.29 is 14.5 Å². The summed E-state index contributed by atoms with van der Waals surface area (Å²) in [6.45, 7) is 0. The Morgan fingerprint density at radius 2 is 1.85 bits per heavy atom. The second-order valence-electron chi connectivity index (χ2n) is 3.78. The molecule has 0 atom stereocenters. The molecule has 0 amide bonds. The Balaban J connectivity index is 2.35. The average Bonchev–Trinajstić information content (AvgIpc) is 2.43. The Bertz CT molecular complexity index is 688. The molecule has 0 N–H and O–H groups in total. The van der Waals surface area contributed by atoms with E-state index in [0.717, 1.165) is 6.07 Å². The van der Waals surface area contributed by atoms with Gasteiger partial charge in [0.2, 0.25) is 0 Å². The first-order valence-electron chi connectivity index (χ1n) is 5.38. The molecule has 2 aromatic carbocycles. The molecule has 0 spiro atoms. The second kappa shape index (κ2) is 5.90.